The van der Waals surface area contributed by atoms with Crippen LogP contribution in [0.5, 0.6) is 0 Å². The Morgan fingerprint density at radius 3 is 2.61 bits per heavy atom. The molecule has 18 heavy (non-hydrogen) atoms. The van der Waals surface area contributed by atoms with Crippen molar-refractivity contribution < 1.29 is 23.1 Å². The van der Waals surface area contributed by atoms with Crippen molar-refractivity contribution in [1.82, 2.24) is 0 Å². The van der Waals surface area contributed by atoms with E-state index in [4.69, 9.17) is 5.11 Å². The number of carbonyl (C=O) groups is 1. The normalized spacial score (nSPS) is 18.7. The van der Waals surface area contributed by atoms with Crippen molar-refractivity contribution in [3.05, 3.63) is 34.9 Å². The van der Waals surface area contributed by atoms with Crippen LogP contribution in [0.3, 0.4) is 0 Å². The van der Waals surface area contributed by atoms with Crippen LogP contribution in [-0.4, -0.2) is 23.3 Å². The quantitative estimate of drug-likeness (QED) is 0.813. The summed E-state index contributed by atoms with van der Waals surface area (Å²) in [6.07, 6.45) is -3.58. The summed E-state index contributed by atoms with van der Waals surface area (Å²) in [6.45, 7) is 1.78. The number of alkyl halides is 3. The Balaban J connectivity index is 2.53. The Morgan fingerprint density at radius 1 is 1.39 bits per heavy atom. The van der Waals surface area contributed by atoms with Crippen LogP contribution in [0, 0.1) is 6.92 Å². The molecule has 1 atom stereocenters. The molecule has 0 saturated heterocycles. The molecule has 3 nitrogen and oxygen atoms in total. The fraction of sp³-hybridized carbons (Fsp3) is 0.250. The molecule has 2 N–H and O–H groups in total. The highest BCUT2D eigenvalue weighted by Gasteiger charge is 2.46. The van der Waals surface area contributed by atoms with Gasteiger partial charge in [0, 0.05) is 5.69 Å². The number of fused-ring (bicyclic) bond motifs is 1. The smallest absolute Gasteiger partial charge is 0.413 e. The van der Waals surface area contributed by atoms with E-state index in [-0.39, 0.29) is 5.69 Å². The van der Waals surface area contributed by atoms with Crippen molar-refractivity contribution in [3.8, 4) is 0 Å². The van der Waals surface area contributed by atoms with Crippen LogP contribution in [0.1, 0.15) is 11.1 Å². The van der Waals surface area contributed by atoms with Crippen LogP contribution in [0.15, 0.2) is 23.8 Å². The summed E-state index contributed by atoms with van der Waals surface area (Å²) in [5, 5.41) is 11.1. The van der Waals surface area contributed by atoms with Crippen LogP contribution < -0.4 is 5.32 Å². The zero-order valence-electron chi connectivity index (χ0n) is 9.38. The first-order chi connectivity index (χ1) is 8.29. The van der Waals surface area contributed by atoms with Crippen LogP contribution >= 0.6 is 0 Å². The first kappa shape index (κ1) is 12.5. The number of carboxylic acids is 1. The van der Waals surface area contributed by atoms with Gasteiger partial charge in [-0.3, -0.25) is 0 Å². The number of halogens is 3. The van der Waals surface area contributed by atoms with Crippen LogP contribution in [0.25, 0.3) is 6.08 Å². The molecule has 96 valence electrons. The largest absolute Gasteiger partial charge is 0.478 e. The second kappa shape index (κ2) is 4.04. The maximum atomic E-state index is 12.8. The molecule has 0 aromatic heterocycles. The highest BCUT2D eigenvalue weighted by Crippen LogP contribution is 2.35. The molecule has 1 aromatic carbocycles. The van der Waals surface area contributed by atoms with E-state index in [9.17, 15) is 18.0 Å². The number of hydrogen-bond acceptors (Lipinski definition) is 2. The summed E-state index contributed by atoms with van der Waals surface area (Å²) in [5.41, 5.74) is 0.892. The second-order valence-electron chi connectivity index (χ2n) is 4.11. The Kier molecular flexibility index (Phi) is 2.80. The summed E-state index contributed by atoms with van der Waals surface area (Å²) in [4.78, 5) is 10.9. The summed E-state index contributed by atoms with van der Waals surface area (Å²) in [5.74, 6) is -1.57. The third kappa shape index (κ3) is 2.18. The zero-order valence-corrected chi connectivity index (χ0v) is 9.38. The van der Waals surface area contributed by atoms with Gasteiger partial charge in [-0.25, -0.2) is 4.79 Å². The Hall–Kier alpha value is -1.98. The first-order valence-corrected chi connectivity index (χ1v) is 5.18. The molecule has 0 spiro atoms. The number of hydrogen-bond donors (Lipinski definition) is 2. The number of nitrogens with one attached hydrogen (secondary N) is 1. The average Bonchev–Trinajstić information content (AvgIpc) is 2.25. The molecule has 1 aromatic rings. The van der Waals surface area contributed by atoms with E-state index in [1.54, 1.807) is 19.1 Å². The fourth-order valence-electron chi connectivity index (χ4n) is 1.86. The van der Waals surface area contributed by atoms with Crippen LogP contribution in [0.2, 0.25) is 0 Å². The van der Waals surface area contributed by atoms with Gasteiger partial charge in [-0.1, -0.05) is 11.6 Å². The Bertz CT molecular complexity index is 535. The van der Waals surface area contributed by atoms with Crippen molar-refractivity contribution in [3.63, 3.8) is 0 Å². The van der Waals surface area contributed by atoms with Gasteiger partial charge in [0.15, 0.2) is 6.04 Å². The molecule has 0 fully saturated rings. The SMILES string of the molecule is Cc1ccc2c(c1)C=C(C(=O)O)C(C(F)(F)F)N2. The molecule has 0 bridgehead atoms. The van der Waals surface area contributed by atoms with Crippen LogP contribution in [-0.2, 0) is 4.79 Å². The summed E-state index contributed by atoms with van der Waals surface area (Å²) >= 11 is 0. The van der Waals surface area contributed by atoms with Crippen molar-refractivity contribution in [2.75, 3.05) is 5.32 Å². The van der Waals surface area contributed by atoms with Gasteiger partial charge >= 0.3 is 12.1 Å². The number of benzene rings is 1. The molecule has 1 heterocycles. The van der Waals surface area contributed by atoms with E-state index in [1.807, 2.05) is 0 Å². The first-order valence-electron chi connectivity index (χ1n) is 5.18. The molecule has 0 aliphatic carbocycles. The van der Waals surface area contributed by atoms with Gasteiger partial charge in [-0.15, -0.1) is 0 Å². The van der Waals surface area contributed by atoms with E-state index in [0.717, 1.165) is 11.6 Å². The molecule has 1 aliphatic heterocycles. The predicted octanol–water partition coefficient (Wildman–Crippen LogP) is 2.82. The van der Waals surface area contributed by atoms with Crippen molar-refractivity contribution in [2.45, 2.75) is 19.1 Å². The van der Waals surface area contributed by atoms with E-state index < -0.39 is 23.8 Å². The van der Waals surface area contributed by atoms with Crippen molar-refractivity contribution in [1.29, 1.82) is 0 Å². The van der Waals surface area contributed by atoms with Gasteiger partial charge < -0.3 is 10.4 Å². The number of aryl methyl sites for hydroxylation is 1. The fourth-order valence-corrected chi connectivity index (χ4v) is 1.86. The number of anilines is 1. The third-order valence-electron chi connectivity index (χ3n) is 2.70. The molecular weight excluding hydrogens is 247 g/mol. The average molecular weight is 257 g/mol. The lowest BCUT2D eigenvalue weighted by molar-refractivity contribution is -0.146. The number of rotatable bonds is 1. The lowest BCUT2D eigenvalue weighted by Gasteiger charge is -2.28. The van der Waals surface area contributed by atoms with E-state index >= 15 is 0 Å². The summed E-state index contributed by atoms with van der Waals surface area (Å²) in [7, 11) is 0. The highest BCUT2D eigenvalue weighted by atomic mass is 19.4. The molecule has 1 unspecified atom stereocenters. The lowest BCUT2D eigenvalue weighted by Crippen LogP contribution is -2.41. The minimum atomic E-state index is -4.65. The van der Waals surface area contributed by atoms with Gasteiger partial charge in [0.25, 0.3) is 0 Å². The third-order valence-corrected chi connectivity index (χ3v) is 2.70. The van der Waals surface area contributed by atoms with Gasteiger partial charge in [-0.2, -0.15) is 13.2 Å². The minimum Gasteiger partial charge on any atom is -0.478 e. The van der Waals surface area contributed by atoms with Gasteiger partial charge in [0.05, 0.1) is 5.57 Å². The summed E-state index contributed by atoms with van der Waals surface area (Å²) in [6, 6.07) is 2.64. The molecule has 1 aliphatic rings. The minimum absolute atomic E-state index is 0.285. The van der Waals surface area contributed by atoms with E-state index in [1.165, 1.54) is 6.07 Å². The molecule has 6 heteroatoms. The van der Waals surface area contributed by atoms with E-state index in [2.05, 4.69) is 5.32 Å². The van der Waals surface area contributed by atoms with Crippen molar-refractivity contribution in [2.24, 2.45) is 0 Å². The Morgan fingerprint density at radius 2 is 2.06 bits per heavy atom. The van der Waals surface area contributed by atoms with Gasteiger partial charge in [0.1, 0.15) is 0 Å². The predicted molar refractivity (Wildman–Crippen MR) is 60.3 cm³/mol. The maximum absolute atomic E-state index is 12.8. The lowest BCUT2D eigenvalue weighted by atomic mass is 9.96. The standard InChI is InChI=1S/C12H10F3NO2/c1-6-2-3-9-7(4-6)5-8(11(17)18)10(16-9)12(13,14)15/h2-5,10,16H,1H3,(H,17,18). The van der Waals surface area contributed by atoms with E-state index in [0.29, 0.717) is 5.56 Å². The Labute approximate surface area is 101 Å². The molecule has 0 saturated carbocycles. The molecule has 0 radical (unpaired) electrons. The summed E-state index contributed by atoms with van der Waals surface area (Å²) < 4.78 is 38.3. The topological polar surface area (TPSA) is 49.3 Å². The number of carboxylic acid groups (broad SMARTS) is 1. The zero-order chi connectivity index (χ0) is 13.5. The molecule has 0 amide bonds. The van der Waals surface area contributed by atoms with Crippen LogP contribution in [0.4, 0.5) is 18.9 Å². The molecular formula is C12H10F3NO2. The second-order valence-corrected chi connectivity index (χ2v) is 4.11. The monoisotopic (exact) mass is 257 g/mol. The van der Waals surface area contributed by atoms with Gasteiger partial charge in [-0.05, 0) is 30.7 Å². The molecule has 2 rings (SSSR count). The maximum Gasteiger partial charge on any atom is 0.413 e. The number of aliphatic carboxylic acids is 1. The highest BCUT2D eigenvalue weighted by molar-refractivity contribution is 5.97. The van der Waals surface area contributed by atoms with Gasteiger partial charge in [0.2, 0.25) is 0 Å². The van der Waals surface area contributed by atoms with Crippen molar-refractivity contribution >= 4 is 17.7 Å².